The number of hydrogen-bond donors (Lipinski definition) is 1. The molecule has 0 unspecified atom stereocenters. The molecule has 0 radical (unpaired) electrons. The van der Waals surface area contributed by atoms with Gasteiger partial charge in [0, 0.05) is 28.2 Å². The SMILES string of the molecule is Clc1cc(Cl)cc(CNCc2ccccc2Cl)c1. The summed E-state index contributed by atoms with van der Waals surface area (Å²) in [7, 11) is 0. The van der Waals surface area contributed by atoms with Crippen LogP contribution in [0.1, 0.15) is 11.1 Å². The molecule has 1 N–H and O–H groups in total. The summed E-state index contributed by atoms with van der Waals surface area (Å²) in [6.45, 7) is 1.41. The fraction of sp³-hybridized carbons (Fsp3) is 0.143. The molecule has 0 fully saturated rings. The van der Waals surface area contributed by atoms with Crippen LogP contribution in [0.15, 0.2) is 42.5 Å². The Balaban J connectivity index is 1.94. The maximum Gasteiger partial charge on any atom is 0.0450 e. The first-order chi connectivity index (χ1) is 8.65. The molecule has 0 saturated heterocycles. The Morgan fingerprint density at radius 1 is 0.833 bits per heavy atom. The van der Waals surface area contributed by atoms with Crippen molar-refractivity contribution in [3.63, 3.8) is 0 Å². The molecule has 0 aliphatic heterocycles. The topological polar surface area (TPSA) is 12.0 Å². The van der Waals surface area contributed by atoms with Crippen molar-refractivity contribution >= 4 is 34.8 Å². The number of hydrogen-bond acceptors (Lipinski definition) is 1. The summed E-state index contributed by atoms with van der Waals surface area (Å²) >= 11 is 18.0. The van der Waals surface area contributed by atoms with E-state index >= 15 is 0 Å². The van der Waals surface area contributed by atoms with Gasteiger partial charge in [0.15, 0.2) is 0 Å². The van der Waals surface area contributed by atoms with Crippen molar-refractivity contribution in [2.24, 2.45) is 0 Å². The van der Waals surface area contributed by atoms with Crippen molar-refractivity contribution in [2.75, 3.05) is 0 Å². The van der Waals surface area contributed by atoms with Gasteiger partial charge in [0.2, 0.25) is 0 Å². The van der Waals surface area contributed by atoms with Crippen molar-refractivity contribution in [1.29, 1.82) is 0 Å². The van der Waals surface area contributed by atoms with E-state index in [9.17, 15) is 0 Å². The summed E-state index contributed by atoms with van der Waals surface area (Å²) in [5.74, 6) is 0. The van der Waals surface area contributed by atoms with Gasteiger partial charge >= 0.3 is 0 Å². The number of benzene rings is 2. The first-order valence-corrected chi connectivity index (χ1v) is 6.67. The average molecular weight is 301 g/mol. The van der Waals surface area contributed by atoms with Crippen LogP contribution in [0.25, 0.3) is 0 Å². The molecule has 2 aromatic carbocycles. The van der Waals surface area contributed by atoms with Crippen LogP contribution in [0.2, 0.25) is 15.1 Å². The van der Waals surface area contributed by atoms with E-state index in [0.29, 0.717) is 23.1 Å². The van der Waals surface area contributed by atoms with Crippen LogP contribution in [-0.4, -0.2) is 0 Å². The lowest BCUT2D eigenvalue weighted by atomic mass is 10.2. The molecule has 0 bridgehead atoms. The van der Waals surface area contributed by atoms with Crippen LogP contribution in [0.5, 0.6) is 0 Å². The van der Waals surface area contributed by atoms with Crippen LogP contribution < -0.4 is 5.32 Å². The summed E-state index contributed by atoms with van der Waals surface area (Å²) in [4.78, 5) is 0. The molecular formula is C14H12Cl3N. The van der Waals surface area contributed by atoms with Crippen LogP contribution in [0.3, 0.4) is 0 Å². The van der Waals surface area contributed by atoms with E-state index in [1.54, 1.807) is 6.07 Å². The summed E-state index contributed by atoms with van der Waals surface area (Å²) < 4.78 is 0. The third-order valence-corrected chi connectivity index (χ3v) is 3.33. The minimum absolute atomic E-state index is 0.650. The number of halogens is 3. The van der Waals surface area contributed by atoms with Crippen molar-refractivity contribution in [3.8, 4) is 0 Å². The summed E-state index contributed by atoms with van der Waals surface area (Å²) in [6.07, 6.45) is 0. The van der Waals surface area contributed by atoms with E-state index in [2.05, 4.69) is 5.32 Å². The molecule has 4 heteroatoms. The third-order valence-electron chi connectivity index (χ3n) is 2.52. The zero-order valence-electron chi connectivity index (χ0n) is 9.59. The van der Waals surface area contributed by atoms with Crippen molar-refractivity contribution in [2.45, 2.75) is 13.1 Å². The predicted molar refractivity (Wildman–Crippen MR) is 78.5 cm³/mol. The van der Waals surface area contributed by atoms with Crippen molar-refractivity contribution < 1.29 is 0 Å². The summed E-state index contributed by atoms with van der Waals surface area (Å²) in [6, 6.07) is 13.3. The normalized spacial score (nSPS) is 10.6. The Kier molecular flexibility index (Phi) is 4.90. The van der Waals surface area contributed by atoms with Gasteiger partial charge in [-0.15, -0.1) is 0 Å². The lowest BCUT2D eigenvalue weighted by Crippen LogP contribution is -2.12. The quantitative estimate of drug-likeness (QED) is 0.843. The monoisotopic (exact) mass is 299 g/mol. The van der Waals surface area contributed by atoms with Crippen LogP contribution in [0, 0.1) is 0 Å². The van der Waals surface area contributed by atoms with Gasteiger partial charge in [0.05, 0.1) is 0 Å². The second kappa shape index (κ2) is 6.44. The highest BCUT2D eigenvalue weighted by Gasteiger charge is 2.00. The molecule has 1 nitrogen and oxygen atoms in total. The molecule has 0 aliphatic rings. The first-order valence-electron chi connectivity index (χ1n) is 5.54. The van der Waals surface area contributed by atoms with Gasteiger partial charge in [-0.3, -0.25) is 0 Å². The average Bonchev–Trinajstić information content (AvgIpc) is 2.30. The highest BCUT2D eigenvalue weighted by Crippen LogP contribution is 2.19. The van der Waals surface area contributed by atoms with E-state index < -0.39 is 0 Å². The van der Waals surface area contributed by atoms with E-state index in [-0.39, 0.29) is 0 Å². The molecule has 0 atom stereocenters. The Bertz CT molecular complexity index is 520. The minimum atomic E-state index is 0.650. The van der Waals surface area contributed by atoms with Crippen LogP contribution >= 0.6 is 34.8 Å². The number of nitrogens with one attached hydrogen (secondary N) is 1. The van der Waals surface area contributed by atoms with Crippen molar-refractivity contribution in [1.82, 2.24) is 5.32 Å². The molecule has 2 rings (SSSR count). The summed E-state index contributed by atoms with van der Waals surface area (Å²) in [5, 5.41) is 5.38. The second-order valence-electron chi connectivity index (χ2n) is 3.97. The van der Waals surface area contributed by atoms with Gasteiger partial charge in [-0.05, 0) is 35.4 Å². The largest absolute Gasteiger partial charge is 0.309 e. The van der Waals surface area contributed by atoms with Crippen molar-refractivity contribution in [3.05, 3.63) is 68.7 Å². The Morgan fingerprint density at radius 2 is 1.50 bits per heavy atom. The fourth-order valence-corrected chi connectivity index (χ4v) is 2.47. The van der Waals surface area contributed by atoms with Gasteiger partial charge in [-0.25, -0.2) is 0 Å². The van der Waals surface area contributed by atoms with Crippen LogP contribution in [0.4, 0.5) is 0 Å². The molecule has 0 amide bonds. The van der Waals surface area contributed by atoms with E-state index in [1.165, 1.54) is 0 Å². The fourth-order valence-electron chi connectivity index (χ4n) is 1.70. The lowest BCUT2D eigenvalue weighted by molar-refractivity contribution is 0.693. The highest BCUT2D eigenvalue weighted by molar-refractivity contribution is 6.34. The van der Waals surface area contributed by atoms with Gasteiger partial charge in [-0.1, -0.05) is 53.0 Å². The molecule has 0 heterocycles. The molecule has 0 aliphatic carbocycles. The van der Waals surface area contributed by atoms with Gasteiger partial charge in [0.25, 0.3) is 0 Å². The van der Waals surface area contributed by atoms with Gasteiger partial charge in [-0.2, -0.15) is 0 Å². The van der Waals surface area contributed by atoms with E-state index in [1.807, 2.05) is 36.4 Å². The summed E-state index contributed by atoms with van der Waals surface area (Å²) in [5.41, 5.74) is 2.13. The standard InChI is InChI=1S/C14H12Cl3N/c15-12-5-10(6-13(16)7-12)8-18-9-11-3-1-2-4-14(11)17/h1-7,18H,8-9H2. The third kappa shape index (κ3) is 3.89. The van der Waals surface area contributed by atoms with Gasteiger partial charge in [0.1, 0.15) is 0 Å². The van der Waals surface area contributed by atoms with Crippen LogP contribution in [-0.2, 0) is 13.1 Å². The maximum atomic E-state index is 6.07. The Morgan fingerprint density at radius 3 is 2.17 bits per heavy atom. The van der Waals surface area contributed by atoms with Gasteiger partial charge < -0.3 is 5.32 Å². The molecule has 0 saturated carbocycles. The molecule has 94 valence electrons. The predicted octanol–water partition coefficient (Wildman–Crippen LogP) is 4.94. The maximum absolute atomic E-state index is 6.07. The van der Waals surface area contributed by atoms with E-state index in [0.717, 1.165) is 16.1 Å². The second-order valence-corrected chi connectivity index (χ2v) is 5.25. The highest BCUT2D eigenvalue weighted by atomic mass is 35.5. The Hall–Kier alpha value is -0.730. The zero-order valence-corrected chi connectivity index (χ0v) is 11.9. The zero-order chi connectivity index (χ0) is 13.0. The smallest absolute Gasteiger partial charge is 0.0450 e. The lowest BCUT2D eigenvalue weighted by Gasteiger charge is -2.07. The molecule has 0 spiro atoms. The Labute approximate surface area is 122 Å². The van der Waals surface area contributed by atoms with E-state index in [4.69, 9.17) is 34.8 Å². The molecular weight excluding hydrogens is 289 g/mol. The minimum Gasteiger partial charge on any atom is -0.309 e. The first kappa shape index (κ1) is 13.7. The molecule has 2 aromatic rings. The molecule has 0 aromatic heterocycles. The molecule has 18 heavy (non-hydrogen) atoms. The number of rotatable bonds is 4.